The van der Waals surface area contributed by atoms with Crippen LogP contribution in [0.25, 0.3) is 0 Å². The predicted molar refractivity (Wildman–Crippen MR) is 89.2 cm³/mol. The third kappa shape index (κ3) is 3.97. The van der Waals surface area contributed by atoms with Crippen molar-refractivity contribution in [3.63, 3.8) is 0 Å². The van der Waals surface area contributed by atoms with Gasteiger partial charge in [0.2, 0.25) is 5.95 Å². The standard InChI is InChI=1S/C18H13F3N4O/c19-13-5-2-1-4-11(13)8-22-17(26)12-9-23-18(24-10-12)25-16-14(20)6-3-7-15(16)21/h1-7,9-10H,8H2,(H,22,26)(H,23,24,25). The SMILES string of the molecule is O=C(NCc1ccccc1F)c1cnc(Nc2c(F)cccc2F)nc1. The molecule has 2 N–H and O–H groups in total. The minimum atomic E-state index is -0.791. The van der Waals surface area contributed by atoms with Gasteiger partial charge in [-0.1, -0.05) is 24.3 Å². The Morgan fingerprint density at radius 3 is 2.15 bits per heavy atom. The van der Waals surface area contributed by atoms with Gasteiger partial charge in [-0.05, 0) is 18.2 Å². The maximum Gasteiger partial charge on any atom is 0.254 e. The number of halogens is 3. The van der Waals surface area contributed by atoms with Crippen molar-refractivity contribution in [1.29, 1.82) is 0 Å². The molecule has 8 heteroatoms. The topological polar surface area (TPSA) is 66.9 Å². The van der Waals surface area contributed by atoms with Crippen molar-refractivity contribution in [3.05, 3.63) is 83.4 Å². The lowest BCUT2D eigenvalue weighted by Crippen LogP contribution is -2.23. The number of nitrogens with one attached hydrogen (secondary N) is 2. The van der Waals surface area contributed by atoms with E-state index < -0.39 is 23.4 Å². The molecule has 0 aliphatic carbocycles. The molecule has 0 unspecified atom stereocenters. The van der Waals surface area contributed by atoms with Gasteiger partial charge in [-0.2, -0.15) is 0 Å². The van der Waals surface area contributed by atoms with Gasteiger partial charge in [0.25, 0.3) is 5.91 Å². The molecule has 2 aromatic carbocycles. The second-order valence-electron chi connectivity index (χ2n) is 5.29. The number of benzene rings is 2. The van der Waals surface area contributed by atoms with Crippen LogP contribution in [0.15, 0.2) is 54.9 Å². The molecule has 0 bridgehead atoms. The summed E-state index contributed by atoms with van der Waals surface area (Å²) >= 11 is 0. The van der Waals surface area contributed by atoms with Crippen molar-refractivity contribution in [2.24, 2.45) is 0 Å². The number of rotatable bonds is 5. The van der Waals surface area contributed by atoms with Gasteiger partial charge in [0, 0.05) is 24.5 Å². The number of para-hydroxylation sites is 1. The second-order valence-corrected chi connectivity index (χ2v) is 5.29. The first-order valence-electron chi connectivity index (χ1n) is 7.59. The molecule has 0 saturated heterocycles. The minimum Gasteiger partial charge on any atom is -0.348 e. The summed E-state index contributed by atoms with van der Waals surface area (Å²) in [6, 6.07) is 9.50. The van der Waals surface area contributed by atoms with Gasteiger partial charge < -0.3 is 10.6 Å². The van der Waals surface area contributed by atoms with Crippen LogP contribution in [-0.2, 0) is 6.54 Å². The number of nitrogens with zero attached hydrogens (tertiary/aromatic N) is 2. The zero-order valence-corrected chi connectivity index (χ0v) is 13.3. The Bertz CT molecular complexity index is 912. The molecule has 1 heterocycles. The number of carbonyl (C=O) groups is 1. The smallest absolute Gasteiger partial charge is 0.254 e. The predicted octanol–water partition coefficient (Wildman–Crippen LogP) is 3.57. The average molecular weight is 358 g/mol. The molecule has 132 valence electrons. The molecular formula is C18H13F3N4O. The monoisotopic (exact) mass is 358 g/mol. The Kier molecular flexibility index (Phi) is 5.12. The van der Waals surface area contributed by atoms with Gasteiger partial charge in [0.15, 0.2) is 0 Å². The van der Waals surface area contributed by atoms with Crippen molar-refractivity contribution in [2.75, 3.05) is 5.32 Å². The van der Waals surface area contributed by atoms with Crippen LogP contribution in [0.1, 0.15) is 15.9 Å². The van der Waals surface area contributed by atoms with Gasteiger partial charge in [0.05, 0.1) is 5.56 Å². The summed E-state index contributed by atoms with van der Waals surface area (Å²) in [4.78, 5) is 19.8. The highest BCUT2D eigenvalue weighted by Crippen LogP contribution is 2.20. The summed E-state index contributed by atoms with van der Waals surface area (Å²) in [6.07, 6.45) is 2.40. The van der Waals surface area contributed by atoms with Crippen molar-refractivity contribution < 1.29 is 18.0 Å². The first-order valence-corrected chi connectivity index (χ1v) is 7.59. The van der Waals surface area contributed by atoms with E-state index in [-0.39, 0.29) is 23.7 Å². The van der Waals surface area contributed by atoms with Crippen LogP contribution in [0.5, 0.6) is 0 Å². The van der Waals surface area contributed by atoms with E-state index in [0.29, 0.717) is 5.56 Å². The Morgan fingerprint density at radius 1 is 0.885 bits per heavy atom. The molecule has 0 saturated carbocycles. The van der Waals surface area contributed by atoms with Crippen molar-refractivity contribution >= 4 is 17.5 Å². The lowest BCUT2D eigenvalue weighted by Gasteiger charge is -2.08. The van der Waals surface area contributed by atoms with Gasteiger partial charge >= 0.3 is 0 Å². The number of amides is 1. The zero-order valence-electron chi connectivity index (χ0n) is 13.3. The first kappa shape index (κ1) is 17.4. The number of aromatic nitrogens is 2. The lowest BCUT2D eigenvalue weighted by atomic mass is 10.2. The maximum atomic E-state index is 13.6. The van der Waals surface area contributed by atoms with Gasteiger partial charge in [-0.25, -0.2) is 23.1 Å². The molecule has 5 nitrogen and oxygen atoms in total. The molecule has 0 spiro atoms. The molecule has 0 radical (unpaired) electrons. The molecule has 1 amide bonds. The summed E-state index contributed by atoms with van der Waals surface area (Å²) in [6.45, 7) is 0.00590. The fraction of sp³-hybridized carbons (Fsp3) is 0.0556. The molecule has 0 aliphatic rings. The van der Waals surface area contributed by atoms with Crippen LogP contribution in [0, 0.1) is 17.5 Å². The van der Waals surface area contributed by atoms with E-state index in [9.17, 15) is 18.0 Å². The van der Waals surface area contributed by atoms with E-state index in [2.05, 4.69) is 20.6 Å². The van der Waals surface area contributed by atoms with Gasteiger partial charge in [-0.3, -0.25) is 4.79 Å². The van der Waals surface area contributed by atoms with E-state index in [4.69, 9.17) is 0 Å². The summed E-state index contributed by atoms with van der Waals surface area (Å²) in [5.74, 6) is -2.58. The highest BCUT2D eigenvalue weighted by Gasteiger charge is 2.12. The average Bonchev–Trinajstić information content (AvgIpc) is 2.64. The molecule has 3 aromatic rings. The van der Waals surface area contributed by atoms with E-state index >= 15 is 0 Å². The molecule has 0 aliphatic heterocycles. The molecule has 0 fully saturated rings. The van der Waals surface area contributed by atoms with E-state index in [1.54, 1.807) is 18.2 Å². The normalized spacial score (nSPS) is 10.4. The summed E-state index contributed by atoms with van der Waals surface area (Å²) in [5, 5.41) is 4.96. The molecule has 26 heavy (non-hydrogen) atoms. The summed E-state index contributed by atoms with van der Waals surface area (Å²) in [7, 11) is 0. The van der Waals surface area contributed by atoms with Crippen molar-refractivity contribution in [1.82, 2.24) is 15.3 Å². The fourth-order valence-corrected chi connectivity index (χ4v) is 2.16. The molecule has 3 rings (SSSR count). The molecular weight excluding hydrogens is 345 g/mol. The zero-order chi connectivity index (χ0) is 18.5. The fourth-order valence-electron chi connectivity index (χ4n) is 2.16. The minimum absolute atomic E-state index is 0.00590. The number of hydrogen-bond acceptors (Lipinski definition) is 4. The Balaban J connectivity index is 1.65. The molecule has 0 atom stereocenters. The van der Waals surface area contributed by atoms with Crippen LogP contribution in [-0.4, -0.2) is 15.9 Å². The van der Waals surface area contributed by atoms with Crippen LogP contribution < -0.4 is 10.6 Å². The Labute approximate surface area is 146 Å². The van der Waals surface area contributed by atoms with Crippen LogP contribution in [0.3, 0.4) is 0 Å². The quantitative estimate of drug-likeness (QED) is 0.732. The van der Waals surface area contributed by atoms with Crippen LogP contribution >= 0.6 is 0 Å². The summed E-state index contributed by atoms with van der Waals surface area (Å²) in [5.41, 5.74) is 0.0835. The highest BCUT2D eigenvalue weighted by molar-refractivity contribution is 5.93. The molecule has 1 aromatic heterocycles. The van der Waals surface area contributed by atoms with Gasteiger partial charge in [-0.15, -0.1) is 0 Å². The first-order chi connectivity index (χ1) is 12.5. The number of hydrogen-bond donors (Lipinski definition) is 2. The third-order valence-electron chi connectivity index (χ3n) is 3.51. The van der Waals surface area contributed by atoms with Crippen LogP contribution in [0.4, 0.5) is 24.8 Å². The van der Waals surface area contributed by atoms with E-state index in [1.165, 1.54) is 24.5 Å². The van der Waals surface area contributed by atoms with Crippen molar-refractivity contribution in [2.45, 2.75) is 6.54 Å². The van der Waals surface area contributed by atoms with Crippen LogP contribution in [0.2, 0.25) is 0 Å². The van der Waals surface area contributed by atoms with Gasteiger partial charge in [0.1, 0.15) is 23.1 Å². The Hall–Kier alpha value is -3.42. The Morgan fingerprint density at radius 2 is 1.50 bits per heavy atom. The largest absolute Gasteiger partial charge is 0.348 e. The lowest BCUT2D eigenvalue weighted by molar-refractivity contribution is 0.0950. The second kappa shape index (κ2) is 7.64. The van der Waals surface area contributed by atoms with Crippen molar-refractivity contribution in [3.8, 4) is 0 Å². The number of anilines is 2. The summed E-state index contributed by atoms with van der Waals surface area (Å²) < 4.78 is 40.7. The highest BCUT2D eigenvalue weighted by atomic mass is 19.1. The van der Waals surface area contributed by atoms with E-state index in [0.717, 1.165) is 12.1 Å². The van der Waals surface area contributed by atoms with E-state index in [1.807, 2.05) is 0 Å². The maximum absolute atomic E-state index is 13.6. The third-order valence-corrected chi connectivity index (χ3v) is 3.51. The number of carbonyl (C=O) groups excluding carboxylic acids is 1.